The number of thioether (sulfide) groups is 1. The second kappa shape index (κ2) is 9.52. The minimum atomic E-state index is 0.605. The molecular formula is C11H20N4S3. The van der Waals surface area contributed by atoms with Crippen LogP contribution in [0.5, 0.6) is 0 Å². The van der Waals surface area contributed by atoms with Gasteiger partial charge >= 0.3 is 0 Å². The third-order valence-corrected chi connectivity index (χ3v) is 4.49. The number of hydrogen-bond donors (Lipinski definition) is 2. The highest BCUT2D eigenvalue weighted by atomic mass is 32.2. The predicted molar refractivity (Wildman–Crippen MR) is 84.7 cm³/mol. The van der Waals surface area contributed by atoms with Gasteiger partial charge in [-0.2, -0.15) is 0 Å². The van der Waals surface area contributed by atoms with Gasteiger partial charge in [0.25, 0.3) is 0 Å². The average Bonchev–Trinajstić information content (AvgIpc) is 2.77. The summed E-state index contributed by atoms with van der Waals surface area (Å²) in [5, 5.41) is 15.6. The maximum absolute atomic E-state index is 5.09. The summed E-state index contributed by atoms with van der Waals surface area (Å²) < 4.78 is 1.01. The van der Waals surface area contributed by atoms with Crippen LogP contribution in [0.15, 0.2) is 4.34 Å². The zero-order valence-corrected chi connectivity index (χ0v) is 13.3. The van der Waals surface area contributed by atoms with Crippen molar-refractivity contribution in [3.8, 4) is 0 Å². The smallest absolute Gasteiger partial charge is 0.212 e. The maximum atomic E-state index is 5.09. The second-order valence-corrected chi connectivity index (χ2v) is 6.49. The summed E-state index contributed by atoms with van der Waals surface area (Å²) in [7, 11) is 0. The Balaban J connectivity index is 2.23. The van der Waals surface area contributed by atoms with Crippen LogP contribution < -0.4 is 10.6 Å². The van der Waals surface area contributed by atoms with Gasteiger partial charge in [0.15, 0.2) is 9.45 Å². The van der Waals surface area contributed by atoms with Crippen molar-refractivity contribution in [3.63, 3.8) is 0 Å². The maximum Gasteiger partial charge on any atom is 0.212 e. The monoisotopic (exact) mass is 304 g/mol. The van der Waals surface area contributed by atoms with Crippen molar-refractivity contribution in [2.75, 3.05) is 17.6 Å². The van der Waals surface area contributed by atoms with Crippen molar-refractivity contribution in [1.29, 1.82) is 0 Å². The van der Waals surface area contributed by atoms with Gasteiger partial charge in [-0.15, -0.1) is 10.2 Å². The third kappa shape index (κ3) is 6.51. The molecular weight excluding hydrogens is 284 g/mol. The molecule has 1 rings (SSSR count). The summed E-state index contributed by atoms with van der Waals surface area (Å²) in [6.45, 7) is 5.04. The van der Waals surface area contributed by atoms with Crippen molar-refractivity contribution in [2.24, 2.45) is 0 Å². The molecule has 0 aliphatic heterocycles. The molecule has 2 N–H and O–H groups in total. The fourth-order valence-electron chi connectivity index (χ4n) is 1.31. The number of rotatable bonds is 8. The van der Waals surface area contributed by atoms with Crippen molar-refractivity contribution in [1.82, 2.24) is 15.5 Å². The van der Waals surface area contributed by atoms with Crippen LogP contribution in [-0.4, -0.2) is 27.6 Å². The van der Waals surface area contributed by atoms with Crippen LogP contribution >= 0.6 is 35.3 Å². The van der Waals surface area contributed by atoms with Gasteiger partial charge in [0.05, 0.1) is 0 Å². The molecule has 102 valence electrons. The normalized spacial score (nSPS) is 10.3. The Morgan fingerprint density at radius 3 is 2.83 bits per heavy atom. The van der Waals surface area contributed by atoms with E-state index < -0.39 is 0 Å². The van der Waals surface area contributed by atoms with Crippen LogP contribution in [-0.2, 0) is 0 Å². The number of aromatic nitrogens is 2. The zero-order chi connectivity index (χ0) is 13.2. The number of unbranched alkanes of at least 4 members (excludes halogenated alkanes) is 3. The van der Waals surface area contributed by atoms with E-state index in [0.717, 1.165) is 21.8 Å². The number of nitrogens with zero attached hydrogens (tertiary/aromatic N) is 2. The molecule has 0 aliphatic rings. The first-order chi connectivity index (χ1) is 8.76. The predicted octanol–water partition coefficient (Wildman–Crippen LogP) is 3.52. The first-order valence-corrected chi connectivity index (χ1v) is 8.48. The van der Waals surface area contributed by atoms with E-state index in [1.54, 1.807) is 23.1 Å². The summed E-state index contributed by atoms with van der Waals surface area (Å²) in [6, 6.07) is 0. The quantitative estimate of drug-likeness (QED) is 0.435. The minimum absolute atomic E-state index is 0.605. The Labute approximate surface area is 122 Å². The number of anilines is 1. The van der Waals surface area contributed by atoms with Gasteiger partial charge in [0.1, 0.15) is 0 Å². The molecule has 0 aliphatic carbocycles. The molecule has 0 spiro atoms. The Hall–Kier alpha value is -0.400. The van der Waals surface area contributed by atoms with Crippen LogP contribution in [0.25, 0.3) is 0 Å². The van der Waals surface area contributed by atoms with E-state index in [-0.39, 0.29) is 0 Å². The lowest BCUT2D eigenvalue weighted by Crippen LogP contribution is -2.27. The van der Waals surface area contributed by atoms with E-state index in [9.17, 15) is 0 Å². The fourth-order valence-corrected chi connectivity index (χ4v) is 3.44. The van der Waals surface area contributed by atoms with E-state index in [0.29, 0.717) is 5.11 Å². The SMILES string of the molecule is CCCCCCSc1nnc(NC(=S)NCC)s1. The van der Waals surface area contributed by atoms with Crippen molar-refractivity contribution < 1.29 is 0 Å². The minimum Gasteiger partial charge on any atom is -0.363 e. The second-order valence-electron chi connectivity index (χ2n) is 3.77. The highest BCUT2D eigenvalue weighted by molar-refractivity contribution is 8.01. The lowest BCUT2D eigenvalue weighted by atomic mass is 10.2. The molecule has 0 unspecified atom stereocenters. The topological polar surface area (TPSA) is 49.8 Å². The van der Waals surface area contributed by atoms with Crippen LogP contribution in [0.1, 0.15) is 39.5 Å². The molecule has 0 saturated heterocycles. The van der Waals surface area contributed by atoms with E-state index in [4.69, 9.17) is 12.2 Å². The molecule has 1 aromatic heterocycles. The lowest BCUT2D eigenvalue weighted by molar-refractivity contribution is 0.706. The average molecular weight is 305 g/mol. The van der Waals surface area contributed by atoms with E-state index >= 15 is 0 Å². The molecule has 0 saturated carbocycles. The van der Waals surface area contributed by atoms with Crippen LogP contribution in [0.2, 0.25) is 0 Å². The van der Waals surface area contributed by atoms with Crippen LogP contribution in [0.3, 0.4) is 0 Å². The molecule has 1 aromatic rings. The molecule has 4 nitrogen and oxygen atoms in total. The van der Waals surface area contributed by atoms with E-state index in [2.05, 4.69) is 27.8 Å². The van der Waals surface area contributed by atoms with Gasteiger partial charge in [-0.3, -0.25) is 0 Å². The Bertz CT molecular complexity index is 354. The molecule has 0 bridgehead atoms. The van der Waals surface area contributed by atoms with Crippen LogP contribution in [0, 0.1) is 0 Å². The molecule has 0 aromatic carbocycles. The Kier molecular flexibility index (Phi) is 8.28. The van der Waals surface area contributed by atoms with Gasteiger partial charge in [-0.1, -0.05) is 49.3 Å². The number of thiocarbonyl (C=S) groups is 1. The first kappa shape index (κ1) is 15.7. The fraction of sp³-hybridized carbons (Fsp3) is 0.727. The lowest BCUT2D eigenvalue weighted by Gasteiger charge is -2.03. The largest absolute Gasteiger partial charge is 0.363 e. The van der Waals surface area contributed by atoms with E-state index in [1.165, 1.54) is 25.7 Å². The molecule has 0 amide bonds. The Morgan fingerprint density at radius 2 is 2.11 bits per heavy atom. The molecule has 0 atom stereocenters. The summed E-state index contributed by atoms with van der Waals surface area (Å²) >= 11 is 8.42. The first-order valence-electron chi connectivity index (χ1n) is 6.27. The highest BCUT2D eigenvalue weighted by Gasteiger charge is 2.05. The molecule has 18 heavy (non-hydrogen) atoms. The highest BCUT2D eigenvalue weighted by Crippen LogP contribution is 2.26. The molecule has 0 radical (unpaired) electrons. The van der Waals surface area contributed by atoms with Crippen molar-refractivity contribution >= 4 is 45.6 Å². The summed E-state index contributed by atoms with van der Waals surface area (Å²) in [5.41, 5.74) is 0. The number of nitrogens with one attached hydrogen (secondary N) is 2. The Morgan fingerprint density at radius 1 is 1.28 bits per heavy atom. The molecule has 7 heteroatoms. The number of hydrogen-bond acceptors (Lipinski definition) is 5. The standard InChI is InChI=1S/C11H20N4S3/c1-3-5-6-7-8-17-11-15-14-10(18-11)13-9(16)12-4-2/h3-8H2,1-2H3,(H2,12,13,14,16). The van der Waals surface area contributed by atoms with Gasteiger partial charge < -0.3 is 10.6 Å². The third-order valence-electron chi connectivity index (χ3n) is 2.19. The summed E-state index contributed by atoms with van der Waals surface area (Å²) in [6.07, 6.45) is 5.15. The van der Waals surface area contributed by atoms with E-state index in [1.807, 2.05) is 6.92 Å². The van der Waals surface area contributed by atoms with Crippen molar-refractivity contribution in [2.45, 2.75) is 43.9 Å². The zero-order valence-electron chi connectivity index (χ0n) is 10.9. The molecule has 1 heterocycles. The van der Waals surface area contributed by atoms with Gasteiger partial charge in [-0.05, 0) is 25.6 Å². The summed E-state index contributed by atoms with van der Waals surface area (Å²) in [4.78, 5) is 0. The van der Waals surface area contributed by atoms with Crippen LogP contribution in [0.4, 0.5) is 5.13 Å². The van der Waals surface area contributed by atoms with Gasteiger partial charge in [-0.25, -0.2) is 0 Å². The van der Waals surface area contributed by atoms with Gasteiger partial charge in [0.2, 0.25) is 5.13 Å². The molecule has 0 fully saturated rings. The van der Waals surface area contributed by atoms with Crippen molar-refractivity contribution in [3.05, 3.63) is 0 Å². The summed E-state index contributed by atoms with van der Waals surface area (Å²) in [5.74, 6) is 1.12. The van der Waals surface area contributed by atoms with Gasteiger partial charge in [0, 0.05) is 12.3 Å².